The molecule has 0 fully saturated rings. The Kier molecular flexibility index (Phi) is 6.53. The molecular formula is C42H44Si. The van der Waals surface area contributed by atoms with Gasteiger partial charge >= 0.3 is 0 Å². The molecule has 4 aromatic rings. The second-order valence-corrected chi connectivity index (χ2v) is 19.2. The third-order valence-corrected chi connectivity index (χ3v) is 16.1. The number of allylic oxidation sites excluding steroid dienone is 2. The molecule has 0 saturated heterocycles. The van der Waals surface area contributed by atoms with Gasteiger partial charge in [-0.2, -0.15) is 0 Å². The first-order valence-corrected chi connectivity index (χ1v) is 19.9. The zero-order valence-corrected chi connectivity index (χ0v) is 27.3. The van der Waals surface area contributed by atoms with E-state index in [4.69, 9.17) is 0 Å². The second kappa shape index (κ2) is 10.3. The number of benzene rings is 4. The van der Waals surface area contributed by atoms with Crippen molar-refractivity contribution in [1.82, 2.24) is 0 Å². The van der Waals surface area contributed by atoms with Gasteiger partial charge in [-0.1, -0.05) is 121 Å². The molecular weight excluding hydrogens is 533 g/mol. The van der Waals surface area contributed by atoms with E-state index in [2.05, 4.69) is 124 Å². The maximum atomic E-state index is 2.69. The molecule has 4 unspecified atom stereocenters. The molecule has 0 aromatic heterocycles. The first-order chi connectivity index (χ1) is 20.9. The largest absolute Gasteiger partial charge is 0.0722 e. The summed E-state index contributed by atoms with van der Waals surface area (Å²) in [7, 11) is -1.89. The van der Waals surface area contributed by atoms with Crippen molar-refractivity contribution in [1.29, 1.82) is 0 Å². The van der Waals surface area contributed by atoms with Crippen LogP contribution in [0.4, 0.5) is 0 Å². The standard InChI is InChI=1S/C42H44Si/c1-27-25-39-35(33-19-9-15-29-13-5-7-17-31(29)33)21-11-23-37(39)41(27)43(3,4)42-28(2)26-40-36(22-12-24-38(40)42)34-20-10-16-30-14-6-8-18-32(30)34/h5-8,11-14,17-18,21-26,33-34,41-42H,9-10,15-16,19-20H2,1-4H3. The monoisotopic (exact) mass is 576 g/mol. The Hall–Kier alpha value is -3.42. The summed E-state index contributed by atoms with van der Waals surface area (Å²) in [5.41, 5.74) is 19.9. The molecule has 0 spiro atoms. The van der Waals surface area contributed by atoms with Gasteiger partial charge in [0.05, 0.1) is 8.07 Å². The van der Waals surface area contributed by atoms with Gasteiger partial charge in [0.25, 0.3) is 0 Å². The van der Waals surface area contributed by atoms with Gasteiger partial charge in [-0.25, -0.2) is 0 Å². The topological polar surface area (TPSA) is 0 Å². The first kappa shape index (κ1) is 27.1. The molecule has 1 heteroatoms. The average Bonchev–Trinajstić information content (AvgIpc) is 3.56. The molecule has 0 nitrogen and oxygen atoms in total. The lowest BCUT2D eigenvalue weighted by Crippen LogP contribution is -2.42. The number of hydrogen-bond donors (Lipinski definition) is 0. The van der Waals surface area contributed by atoms with Crippen molar-refractivity contribution in [2.24, 2.45) is 0 Å². The van der Waals surface area contributed by atoms with Gasteiger partial charge in [-0.15, -0.1) is 0 Å². The van der Waals surface area contributed by atoms with Gasteiger partial charge in [0, 0.05) is 22.9 Å². The summed E-state index contributed by atoms with van der Waals surface area (Å²) in [4.78, 5) is 0. The molecule has 216 valence electrons. The minimum absolute atomic E-state index is 0.516. The van der Waals surface area contributed by atoms with Crippen molar-refractivity contribution in [2.45, 2.75) is 88.4 Å². The number of hydrogen-bond acceptors (Lipinski definition) is 0. The molecule has 0 bridgehead atoms. The van der Waals surface area contributed by atoms with Gasteiger partial charge in [-0.3, -0.25) is 0 Å². The van der Waals surface area contributed by atoms with Crippen LogP contribution in [0.3, 0.4) is 0 Å². The molecule has 0 heterocycles. The molecule has 0 radical (unpaired) electrons. The van der Waals surface area contributed by atoms with E-state index in [1.165, 1.54) is 38.5 Å². The van der Waals surface area contributed by atoms with Crippen LogP contribution >= 0.6 is 0 Å². The van der Waals surface area contributed by atoms with E-state index in [-0.39, 0.29) is 0 Å². The van der Waals surface area contributed by atoms with E-state index in [0.717, 1.165) is 0 Å². The van der Waals surface area contributed by atoms with E-state index >= 15 is 0 Å². The number of fused-ring (bicyclic) bond motifs is 4. The zero-order chi connectivity index (χ0) is 29.3. The number of rotatable bonds is 4. The first-order valence-electron chi connectivity index (χ1n) is 16.7. The van der Waals surface area contributed by atoms with Crippen molar-refractivity contribution in [3.63, 3.8) is 0 Å². The number of aryl methyl sites for hydroxylation is 2. The third kappa shape index (κ3) is 4.22. The lowest BCUT2D eigenvalue weighted by molar-refractivity contribution is 0.615. The summed E-state index contributed by atoms with van der Waals surface area (Å²) in [5, 5.41) is 0. The van der Waals surface area contributed by atoms with Crippen LogP contribution in [0.1, 0.15) is 118 Å². The van der Waals surface area contributed by atoms with E-state index in [9.17, 15) is 0 Å². The van der Waals surface area contributed by atoms with Crippen LogP contribution in [0.2, 0.25) is 13.1 Å². The fourth-order valence-corrected chi connectivity index (χ4v) is 15.0. The Morgan fingerprint density at radius 2 is 0.884 bits per heavy atom. The normalized spacial score (nSPS) is 24.0. The predicted molar refractivity (Wildman–Crippen MR) is 186 cm³/mol. The fraction of sp³-hybridized carbons (Fsp3) is 0.333. The highest BCUT2D eigenvalue weighted by Crippen LogP contribution is 2.55. The van der Waals surface area contributed by atoms with Crippen LogP contribution in [-0.4, -0.2) is 8.07 Å². The lowest BCUT2D eigenvalue weighted by Gasteiger charge is -2.39. The van der Waals surface area contributed by atoms with E-state index in [0.29, 0.717) is 22.9 Å². The summed E-state index contributed by atoms with van der Waals surface area (Å²) in [6.07, 6.45) is 12.7. The molecule has 0 N–H and O–H groups in total. The molecule has 43 heavy (non-hydrogen) atoms. The Bertz CT molecular complexity index is 1670. The minimum Gasteiger partial charge on any atom is -0.0679 e. The Morgan fingerprint density at radius 3 is 1.35 bits per heavy atom. The minimum atomic E-state index is -1.89. The SMILES string of the molecule is CC1=Cc2c(C3CCCc4ccccc43)cccc2C1[Si](C)(C)C1C(C)=Cc2c(C3CCCc4ccccc43)cccc21. The second-order valence-electron chi connectivity index (χ2n) is 14.5. The maximum Gasteiger partial charge on any atom is 0.0722 e. The van der Waals surface area contributed by atoms with Crippen molar-refractivity contribution < 1.29 is 0 Å². The summed E-state index contributed by atoms with van der Waals surface area (Å²) in [6, 6.07) is 33.0. The van der Waals surface area contributed by atoms with Crippen molar-refractivity contribution in [2.75, 3.05) is 0 Å². The average molecular weight is 577 g/mol. The predicted octanol–water partition coefficient (Wildman–Crippen LogP) is 11.1. The van der Waals surface area contributed by atoms with E-state index < -0.39 is 8.07 Å². The van der Waals surface area contributed by atoms with Crippen LogP contribution in [-0.2, 0) is 12.8 Å². The summed E-state index contributed by atoms with van der Waals surface area (Å²) in [5.74, 6) is 1.03. The van der Waals surface area contributed by atoms with Crippen molar-refractivity contribution in [3.8, 4) is 0 Å². The molecule has 8 rings (SSSR count). The smallest absolute Gasteiger partial charge is 0.0679 e. The lowest BCUT2D eigenvalue weighted by atomic mass is 9.77. The van der Waals surface area contributed by atoms with Gasteiger partial charge in [0.1, 0.15) is 0 Å². The fourth-order valence-electron chi connectivity index (χ4n) is 10.1. The van der Waals surface area contributed by atoms with Crippen LogP contribution in [0.25, 0.3) is 12.2 Å². The zero-order valence-electron chi connectivity index (χ0n) is 26.3. The molecule has 0 saturated carbocycles. The molecule has 0 amide bonds. The quantitative estimate of drug-likeness (QED) is 0.212. The Balaban J connectivity index is 1.19. The van der Waals surface area contributed by atoms with Crippen LogP contribution in [0.5, 0.6) is 0 Å². The van der Waals surface area contributed by atoms with E-state index in [1.807, 2.05) is 0 Å². The van der Waals surface area contributed by atoms with Gasteiger partial charge in [0.2, 0.25) is 0 Å². The molecule has 4 aliphatic rings. The highest BCUT2D eigenvalue weighted by molar-refractivity contribution is 6.81. The summed E-state index contributed by atoms with van der Waals surface area (Å²) >= 11 is 0. The molecule has 4 atom stereocenters. The molecule has 4 aliphatic carbocycles. The highest BCUT2D eigenvalue weighted by Gasteiger charge is 2.47. The Morgan fingerprint density at radius 1 is 0.488 bits per heavy atom. The van der Waals surface area contributed by atoms with Gasteiger partial charge in [0.15, 0.2) is 0 Å². The van der Waals surface area contributed by atoms with E-state index in [1.54, 1.807) is 66.8 Å². The van der Waals surface area contributed by atoms with Crippen molar-refractivity contribution in [3.05, 3.63) is 152 Å². The highest BCUT2D eigenvalue weighted by atomic mass is 28.3. The Labute approximate surface area is 259 Å². The van der Waals surface area contributed by atoms with Crippen LogP contribution in [0, 0.1) is 0 Å². The molecule has 4 aromatic carbocycles. The van der Waals surface area contributed by atoms with Crippen LogP contribution < -0.4 is 0 Å². The van der Waals surface area contributed by atoms with Gasteiger partial charge < -0.3 is 0 Å². The summed E-state index contributed by atoms with van der Waals surface area (Å²) < 4.78 is 0. The maximum absolute atomic E-state index is 2.69. The van der Waals surface area contributed by atoms with Gasteiger partial charge in [-0.05, 0) is 108 Å². The van der Waals surface area contributed by atoms with Crippen LogP contribution in [0.15, 0.2) is 96.1 Å². The van der Waals surface area contributed by atoms with Crippen molar-refractivity contribution >= 4 is 20.2 Å². The molecule has 0 aliphatic heterocycles. The summed E-state index contributed by atoms with van der Waals surface area (Å²) in [6.45, 7) is 10.2. The third-order valence-electron chi connectivity index (χ3n) is 11.6.